The van der Waals surface area contributed by atoms with Gasteiger partial charge < -0.3 is 20.0 Å². The van der Waals surface area contributed by atoms with E-state index < -0.39 is 5.97 Å². The molecule has 1 aliphatic heterocycles. The molecule has 0 amide bonds. The molecule has 1 aromatic carbocycles. The van der Waals surface area contributed by atoms with E-state index in [-0.39, 0.29) is 12.0 Å². The van der Waals surface area contributed by atoms with Crippen molar-refractivity contribution in [3.8, 4) is 5.75 Å². The fourth-order valence-corrected chi connectivity index (χ4v) is 4.38. The Hall–Kier alpha value is -1.57. The highest BCUT2D eigenvalue weighted by Crippen LogP contribution is 2.36. The van der Waals surface area contributed by atoms with Crippen LogP contribution >= 0.6 is 24.0 Å². The van der Waals surface area contributed by atoms with E-state index in [1.54, 1.807) is 16.7 Å². The first-order valence-electron chi connectivity index (χ1n) is 8.85. The molecule has 0 spiro atoms. The molecule has 0 saturated carbocycles. The monoisotopic (exact) mass is 408 g/mol. The standard InChI is InChI=1S/C20H28N2O3S2/c1-20(2,3)15-9-13(8-14(18(15)25)11-21(4)5)10-16-19(26)22(6-7-27-16)12-17(23)24/h8-10,25H,6-7,11-12H2,1-5H3,(H,23,24). The minimum absolute atomic E-state index is 0.0779. The Balaban J connectivity index is 2.46. The van der Waals surface area contributed by atoms with Gasteiger partial charge in [-0.15, -0.1) is 11.8 Å². The summed E-state index contributed by atoms with van der Waals surface area (Å²) in [5.74, 6) is 0.259. The normalized spacial score (nSPS) is 17.0. The second-order valence-corrected chi connectivity index (χ2v) is 9.56. The topological polar surface area (TPSA) is 64.0 Å². The number of hydrogen-bond donors (Lipinski definition) is 2. The third-order valence-corrected chi connectivity index (χ3v) is 5.86. The number of carboxylic acids is 1. The van der Waals surface area contributed by atoms with Gasteiger partial charge in [0.1, 0.15) is 17.3 Å². The van der Waals surface area contributed by atoms with Crippen LogP contribution in [0.5, 0.6) is 5.75 Å². The first-order chi connectivity index (χ1) is 12.5. The van der Waals surface area contributed by atoms with Crippen molar-refractivity contribution in [3.05, 3.63) is 33.7 Å². The van der Waals surface area contributed by atoms with E-state index in [4.69, 9.17) is 17.3 Å². The Labute approximate surface area is 171 Å². The van der Waals surface area contributed by atoms with E-state index in [1.807, 2.05) is 37.2 Å². The Kier molecular flexibility index (Phi) is 6.94. The Bertz CT molecular complexity index is 767. The number of phenols is 1. The van der Waals surface area contributed by atoms with Crippen LogP contribution in [0.15, 0.2) is 17.0 Å². The summed E-state index contributed by atoms with van der Waals surface area (Å²) in [6, 6.07) is 3.98. The van der Waals surface area contributed by atoms with Crippen LogP contribution in [0.25, 0.3) is 6.08 Å². The van der Waals surface area contributed by atoms with Gasteiger partial charge in [0, 0.05) is 34.9 Å². The lowest BCUT2D eigenvalue weighted by molar-refractivity contribution is -0.137. The van der Waals surface area contributed by atoms with Crippen molar-refractivity contribution in [2.75, 3.05) is 32.9 Å². The molecule has 0 aromatic heterocycles. The largest absolute Gasteiger partial charge is 0.507 e. The minimum atomic E-state index is -0.878. The van der Waals surface area contributed by atoms with Gasteiger partial charge in [-0.25, -0.2) is 0 Å². The van der Waals surface area contributed by atoms with Gasteiger partial charge in [0.15, 0.2) is 0 Å². The second-order valence-electron chi connectivity index (χ2n) is 8.04. The number of phenolic OH excluding ortho intramolecular Hbond substituents is 1. The smallest absolute Gasteiger partial charge is 0.323 e. The molecule has 2 rings (SSSR count). The Morgan fingerprint density at radius 1 is 1.37 bits per heavy atom. The van der Waals surface area contributed by atoms with E-state index in [1.165, 1.54) is 0 Å². The van der Waals surface area contributed by atoms with E-state index in [0.29, 0.717) is 23.8 Å². The summed E-state index contributed by atoms with van der Waals surface area (Å²) < 4.78 is 0. The minimum Gasteiger partial charge on any atom is -0.507 e. The van der Waals surface area contributed by atoms with Gasteiger partial charge in [-0.05, 0) is 43.3 Å². The lowest BCUT2D eigenvalue weighted by Gasteiger charge is -2.29. The summed E-state index contributed by atoms with van der Waals surface area (Å²) in [5.41, 5.74) is 2.53. The fourth-order valence-electron chi connectivity index (χ4n) is 2.99. The predicted molar refractivity (Wildman–Crippen MR) is 116 cm³/mol. The van der Waals surface area contributed by atoms with Gasteiger partial charge in [0.25, 0.3) is 0 Å². The van der Waals surface area contributed by atoms with Crippen LogP contribution in [0.1, 0.15) is 37.5 Å². The third kappa shape index (κ3) is 5.70. The summed E-state index contributed by atoms with van der Waals surface area (Å²) in [7, 11) is 3.94. The number of carboxylic acid groups (broad SMARTS) is 1. The molecule has 0 atom stereocenters. The van der Waals surface area contributed by atoms with Crippen molar-refractivity contribution in [2.45, 2.75) is 32.7 Å². The molecule has 1 aliphatic rings. The molecular weight excluding hydrogens is 380 g/mol. The number of aromatic hydroxyl groups is 1. The van der Waals surface area contributed by atoms with Gasteiger partial charge in [0.05, 0.1) is 0 Å². The summed E-state index contributed by atoms with van der Waals surface area (Å²) in [6.07, 6.45) is 2.01. The highest BCUT2D eigenvalue weighted by atomic mass is 32.2. The van der Waals surface area contributed by atoms with Crippen molar-refractivity contribution >= 4 is 41.0 Å². The Morgan fingerprint density at radius 3 is 2.59 bits per heavy atom. The molecule has 1 heterocycles. The number of thiocarbonyl (C=S) groups is 1. The van der Waals surface area contributed by atoms with E-state index in [9.17, 15) is 9.90 Å². The predicted octanol–water partition coefficient (Wildman–Crippen LogP) is 3.55. The maximum absolute atomic E-state index is 11.1. The summed E-state index contributed by atoms with van der Waals surface area (Å²) in [4.78, 5) is 16.3. The molecule has 1 aromatic rings. The highest BCUT2D eigenvalue weighted by molar-refractivity contribution is 8.05. The molecular formula is C20H28N2O3S2. The SMILES string of the molecule is CN(C)Cc1cc(C=C2SCCN(CC(=O)O)C2=S)cc(C(C)(C)C)c1O. The van der Waals surface area contributed by atoms with Crippen LogP contribution in [-0.2, 0) is 16.8 Å². The molecule has 1 fully saturated rings. The first kappa shape index (κ1) is 21.7. The number of thioether (sulfide) groups is 1. The summed E-state index contributed by atoms with van der Waals surface area (Å²) in [5, 5.41) is 19.8. The molecule has 0 aliphatic carbocycles. The Morgan fingerprint density at radius 2 is 2.04 bits per heavy atom. The van der Waals surface area contributed by atoms with Gasteiger partial charge in [-0.3, -0.25) is 4.79 Å². The van der Waals surface area contributed by atoms with Crippen molar-refractivity contribution in [1.29, 1.82) is 0 Å². The third-order valence-electron chi connectivity index (χ3n) is 4.25. The number of benzene rings is 1. The van der Waals surface area contributed by atoms with Crippen molar-refractivity contribution in [3.63, 3.8) is 0 Å². The summed E-state index contributed by atoms with van der Waals surface area (Å²) in [6.45, 7) is 7.43. The van der Waals surface area contributed by atoms with Gasteiger partial charge >= 0.3 is 5.97 Å². The number of carbonyl (C=O) groups is 1. The molecule has 1 saturated heterocycles. The van der Waals surface area contributed by atoms with Crippen molar-refractivity contribution in [1.82, 2.24) is 9.80 Å². The molecule has 0 bridgehead atoms. The lowest BCUT2D eigenvalue weighted by atomic mass is 9.84. The van der Waals surface area contributed by atoms with Crippen LogP contribution in [0.2, 0.25) is 0 Å². The zero-order chi connectivity index (χ0) is 20.4. The first-order valence-corrected chi connectivity index (χ1v) is 10.2. The molecule has 27 heavy (non-hydrogen) atoms. The van der Waals surface area contributed by atoms with Crippen LogP contribution in [0.3, 0.4) is 0 Å². The van der Waals surface area contributed by atoms with Crippen molar-refractivity contribution < 1.29 is 15.0 Å². The zero-order valence-electron chi connectivity index (χ0n) is 16.6. The average Bonchev–Trinajstić information content (AvgIpc) is 2.52. The lowest BCUT2D eigenvalue weighted by Crippen LogP contribution is -2.39. The average molecular weight is 409 g/mol. The number of hydrogen-bond acceptors (Lipinski definition) is 5. The van der Waals surface area contributed by atoms with Crippen molar-refractivity contribution in [2.24, 2.45) is 0 Å². The van der Waals surface area contributed by atoms with E-state index in [0.717, 1.165) is 27.3 Å². The van der Waals surface area contributed by atoms with Crippen LogP contribution in [0.4, 0.5) is 0 Å². The van der Waals surface area contributed by atoms with Gasteiger partial charge in [0.2, 0.25) is 0 Å². The van der Waals surface area contributed by atoms with E-state index >= 15 is 0 Å². The molecule has 0 radical (unpaired) electrons. The highest BCUT2D eigenvalue weighted by Gasteiger charge is 2.24. The van der Waals surface area contributed by atoms with E-state index in [2.05, 4.69) is 20.8 Å². The number of rotatable bonds is 5. The molecule has 148 valence electrons. The number of nitrogens with zero attached hydrogens (tertiary/aromatic N) is 2. The molecule has 0 unspecified atom stereocenters. The summed E-state index contributed by atoms with van der Waals surface area (Å²) >= 11 is 7.16. The van der Waals surface area contributed by atoms with Gasteiger partial charge in [-0.2, -0.15) is 0 Å². The maximum atomic E-state index is 11.1. The van der Waals surface area contributed by atoms with Crippen LogP contribution < -0.4 is 0 Å². The van der Waals surface area contributed by atoms with Crippen LogP contribution in [0, 0.1) is 0 Å². The molecule has 2 N–H and O–H groups in total. The van der Waals surface area contributed by atoms with Gasteiger partial charge in [-0.1, -0.05) is 33.0 Å². The fraction of sp³-hybridized carbons (Fsp3) is 0.500. The zero-order valence-corrected chi connectivity index (χ0v) is 18.2. The molecule has 5 nitrogen and oxygen atoms in total. The molecule has 7 heteroatoms. The second kappa shape index (κ2) is 8.63. The number of aliphatic carboxylic acids is 1. The maximum Gasteiger partial charge on any atom is 0.323 e. The van der Waals surface area contributed by atoms with Crippen LogP contribution in [-0.4, -0.2) is 63.9 Å². The quantitative estimate of drug-likeness (QED) is 0.570.